The van der Waals surface area contributed by atoms with Gasteiger partial charge in [0.1, 0.15) is 5.75 Å². The maximum Gasteiger partial charge on any atom is 0.264 e. The van der Waals surface area contributed by atoms with Gasteiger partial charge in [-0.15, -0.1) is 10.2 Å². The number of thioether (sulfide) groups is 1. The first kappa shape index (κ1) is 21.3. The SMILES string of the molecule is Cc1ccc(C(C)C)c(OCC(=O)Nc2nnc(SCc3ccccc3C)s2)c1. The minimum Gasteiger partial charge on any atom is -0.483 e. The Kier molecular flexibility index (Phi) is 7.28. The molecule has 2 aromatic carbocycles. The minimum absolute atomic E-state index is 0.0611. The first-order valence-electron chi connectivity index (χ1n) is 9.46. The van der Waals surface area contributed by atoms with Crippen LogP contribution < -0.4 is 10.1 Å². The molecule has 0 bridgehead atoms. The fraction of sp³-hybridized carbons (Fsp3) is 0.318. The molecule has 0 fully saturated rings. The van der Waals surface area contributed by atoms with Gasteiger partial charge < -0.3 is 4.74 Å². The van der Waals surface area contributed by atoms with Crippen LogP contribution in [0.25, 0.3) is 0 Å². The molecule has 7 heteroatoms. The van der Waals surface area contributed by atoms with Crippen LogP contribution in [0.15, 0.2) is 46.8 Å². The van der Waals surface area contributed by atoms with Crippen LogP contribution in [0.5, 0.6) is 5.75 Å². The molecule has 0 spiro atoms. The number of anilines is 1. The van der Waals surface area contributed by atoms with Gasteiger partial charge in [-0.25, -0.2) is 0 Å². The number of carbonyl (C=O) groups excluding carboxylic acids is 1. The molecular formula is C22H25N3O2S2. The van der Waals surface area contributed by atoms with Gasteiger partial charge in [-0.2, -0.15) is 0 Å². The Morgan fingerprint density at radius 1 is 1.17 bits per heavy atom. The number of aryl methyl sites for hydroxylation is 2. The number of amides is 1. The Bertz CT molecular complexity index is 986. The molecule has 3 rings (SSSR count). The normalized spacial score (nSPS) is 10.9. The van der Waals surface area contributed by atoms with Crippen molar-refractivity contribution in [3.05, 3.63) is 64.7 Å². The van der Waals surface area contributed by atoms with Gasteiger partial charge in [0, 0.05) is 5.75 Å². The number of hydrogen-bond acceptors (Lipinski definition) is 6. The smallest absolute Gasteiger partial charge is 0.264 e. The van der Waals surface area contributed by atoms with Crippen LogP contribution in [-0.4, -0.2) is 22.7 Å². The number of benzene rings is 2. The molecule has 0 saturated carbocycles. The summed E-state index contributed by atoms with van der Waals surface area (Å²) in [6.07, 6.45) is 0. The predicted octanol–water partition coefficient (Wildman–Crippen LogP) is 5.59. The van der Waals surface area contributed by atoms with E-state index in [0.29, 0.717) is 11.0 Å². The molecule has 0 radical (unpaired) electrons. The largest absolute Gasteiger partial charge is 0.483 e. The Morgan fingerprint density at radius 3 is 2.72 bits per heavy atom. The molecule has 0 aliphatic heterocycles. The van der Waals surface area contributed by atoms with E-state index >= 15 is 0 Å². The summed E-state index contributed by atoms with van der Waals surface area (Å²) in [6, 6.07) is 14.3. The fourth-order valence-electron chi connectivity index (χ4n) is 2.77. The Hall–Kier alpha value is -2.38. The predicted molar refractivity (Wildman–Crippen MR) is 120 cm³/mol. The quantitative estimate of drug-likeness (QED) is 0.375. The van der Waals surface area contributed by atoms with E-state index in [0.717, 1.165) is 27.0 Å². The van der Waals surface area contributed by atoms with E-state index in [1.807, 2.05) is 25.1 Å². The molecule has 152 valence electrons. The maximum atomic E-state index is 12.3. The zero-order valence-corrected chi connectivity index (χ0v) is 18.7. The van der Waals surface area contributed by atoms with Crippen LogP contribution >= 0.6 is 23.1 Å². The standard InChI is InChI=1S/C22H25N3O2S2/c1-14(2)18-10-9-15(3)11-19(18)27-12-20(26)23-21-24-25-22(29-21)28-13-17-8-6-5-7-16(17)4/h5-11,14H,12-13H2,1-4H3,(H,23,24,26). The van der Waals surface area contributed by atoms with E-state index in [2.05, 4.69) is 60.6 Å². The third kappa shape index (κ3) is 6.05. The van der Waals surface area contributed by atoms with Crippen LogP contribution in [0, 0.1) is 13.8 Å². The summed E-state index contributed by atoms with van der Waals surface area (Å²) in [6.45, 7) is 8.26. The van der Waals surface area contributed by atoms with Crippen molar-refractivity contribution in [1.82, 2.24) is 10.2 Å². The molecule has 0 aliphatic rings. The van der Waals surface area contributed by atoms with Gasteiger partial charge in [0.25, 0.3) is 5.91 Å². The molecule has 0 aliphatic carbocycles. The molecule has 0 saturated heterocycles. The molecule has 0 atom stereocenters. The van der Waals surface area contributed by atoms with Crippen molar-refractivity contribution in [3.8, 4) is 5.75 Å². The van der Waals surface area contributed by atoms with Crippen molar-refractivity contribution in [2.45, 2.75) is 43.7 Å². The zero-order chi connectivity index (χ0) is 20.8. The van der Waals surface area contributed by atoms with E-state index in [4.69, 9.17) is 4.74 Å². The van der Waals surface area contributed by atoms with Gasteiger partial charge >= 0.3 is 0 Å². The number of rotatable bonds is 8. The zero-order valence-electron chi connectivity index (χ0n) is 17.1. The van der Waals surface area contributed by atoms with Crippen molar-refractivity contribution in [1.29, 1.82) is 0 Å². The van der Waals surface area contributed by atoms with Gasteiger partial charge in [-0.05, 0) is 48.1 Å². The minimum atomic E-state index is -0.243. The lowest BCUT2D eigenvalue weighted by molar-refractivity contribution is -0.118. The van der Waals surface area contributed by atoms with Crippen molar-refractivity contribution < 1.29 is 9.53 Å². The van der Waals surface area contributed by atoms with Crippen LogP contribution in [0.2, 0.25) is 0 Å². The topological polar surface area (TPSA) is 64.1 Å². The molecule has 29 heavy (non-hydrogen) atoms. The summed E-state index contributed by atoms with van der Waals surface area (Å²) in [7, 11) is 0. The first-order valence-corrected chi connectivity index (χ1v) is 11.3. The highest BCUT2D eigenvalue weighted by molar-refractivity contribution is 8.00. The maximum absolute atomic E-state index is 12.3. The monoisotopic (exact) mass is 427 g/mol. The molecule has 1 aromatic heterocycles. The number of ether oxygens (including phenoxy) is 1. The second-order valence-corrected chi connectivity index (χ2v) is 9.32. The number of nitrogens with zero attached hydrogens (tertiary/aromatic N) is 2. The van der Waals surface area contributed by atoms with Gasteiger partial charge in [-0.3, -0.25) is 10.1 Å². The molecule has 0 unspecified atom stereocenters. The molecule has 3 aromatic rings. The van der Waals surface area contributed by atoms with E-state index in [9.17, 15) is 4.79 Å². The Morgan fingerprint density at radius 2 is 1.97 bits per heavy atom. The van der Waals surface area contributed by atoms with Crippen LogP contribution in [0.4, 0.5) is 5.13 Å². The summed E-state index contributed by atoms with van der Waals surface area (Å²) in [5.41, 5.74) is 4.72. The van der Waals surface area contributed by atoms with Crippen molar-refractivity contribution in [2.24, 2.45) is 0 Å². The fourth-order valence-corrected chi connectivity index (χ4v) is 4.62. The average molecular weight is 428 g/mol. The van der Waals surface area contributed by atoms with Gasteiger partial charge in [-0.1, -0.05) is 73.3 Å². The second-order valence-electron chi connectivity index (χ2n) is 7.12. The van der Waals surface area contributed by atoms with Crippen molar-refractivity contribution in [2.75, 3.05) is 11.9 Å². The third-order valence-electron chi connectivity index (χ3n) is 4.42. The highest BCUT2D eigenvalue weighted by Gasteiger charge is 2.13. The lowest BCUT2D eigenvalue weighted by Gasteiger charge is -2.14. The summed E-state index contributed by atoms with van der Waals surface area (Å²) >= 11 is 2.99. The van der Waals surface area contributed by atoms with Crippen LogP contribution in [0.3, 0.4) is 0 Å². The van der Waals surface area contributed by atoms with Gasteiger partial charge in [0.15, 0.2) is 10.9 Å². The summed E-state index contributed by atoms with van der Waals surface area (Å²) in [5.74, 6) is 1.66. The molecular weight excluding hydrogens is 402 g/mol. The van der Waals surface area contributed by atoms with Crippen LogP contribution in [-0.2, 0) is 10.5 Å². The van der Waals surface area contributed by atoms with E-state index < -0.39 is 0 Å². The summed E-state index contributed by atoms with van der Waals surface area (Å²) in [4.78, 5) is 12.3. The summed E-state index contributed by atoms with van der Waals surface area (Å²) < 4.78 is 6.60. The lowest BCUT2D eigenvalue weighted by Crippen LogP contribution is -2.20. The van der Waals surface area contributed by atoms with E-state index in [1.54, 1.807) is 11.8 Å². The van der Waals surface area contributed by atoms with E-state index in [1.165, 1.54) is 22.5 Å². The molecule has 1 amide bonds. The third-order valence-corrected chi connectivity index (χ3v) is 6.44. The van der Waals surface area contributed by atoms with E-state index in [-0.39, 0.29) is 12.5 Å². The average Bonchev–Trinajstić information content (AvgIpc) is 3.13. The van der Waals surface area contributed by atoms with Gasteiger partial charge in [0.05, 0.1) is 0 Å². The van der Waals surface area contributed by atoms with Gasteiger partial charge in [0.2, 0.25) is 5.13 Å². The van der Waals surface area contributed by atoms with Crippen molar-refractivity contribution >= 4 is 34.1 Å². The van der Waals surface area contributed by atoms with Crippen molar-refractivity contribution in [3.63, 3.8) is 0 Å². The number of hydrogen-bond donors (Lipinski definition) is 1. The molecule has 1 heterocycles. The summed E-state index contributed by atoms with van der Waals surface area (Å²) in [5, 5.41) is 11.5. The lowest BCUT2D eigenvalue weighted by atomic mass is 10.0. The number of aromatic nitrogens is 2. The Labute approximate surface area is 179 Å². The second kappa shape index (κ2) is 9.89. The highest BCUT2D eigenvalue weighted by atomic mass is 32.2. The first-order chi connectivity index (χ1) is 13.9. The van der Waals surface area contributed by atoms with Crippen LogP contribution in [0.1, 0.15) is 42.0 Å². The highest BCUT2D eigenvalue weighted by Crippen LogP contribution is 2.30. The number of carbonyl (C=O) groups is 1. The number of nitrogens with one attached hydrogen (secondary N) is 1. The Balaban J connectivity index is 1.53. The molecule has 1 N–H and O–H groups in total. The molecule has 5 nitrogen and oxygen atoms in total.